The Labute approximate surface area is 137 Å². The molecule has 4 heteroatoms. The summed E-state index contributed by atoms with van der Waals surface area (Å²) < 4.78 is 5.86. The van der Waals surface area contributed by atoms with Gasteiger partial charge in [-0.2, -0.15) is 0 Å². The second kappa shape index (κ2) is 9.43. The summed E-state index contributed by atoms with van der Waals surface area (Å²) in [5.74, 6) is 0. The highest BCUT2D eigenvalue weighted by molar-refractivity contribution is 5.15. The van der Waals surface area contributed by atoms with Crippen molar-refractivity contribution in [2.45, 2.75) is 38.3 Å². The maximum absolute atomic E-state index is 10.0. The van der Waals surface area contributed by atoms with Crippen molar-refractivity contribution >= 4 is 0 Å². The van der Waals surface area contributed by atoms with Crippen molar-refractivity contribution in [3.8, 4) is 0 Å². The van der Waals surface area contributed by atoms with Gasteiger partial charge in [0.2, 0.25) is 0 Å². The molecule has 2 rings (SSSR count). The van der Waals surface area contributed by atoms with Gasteiger partial charge >= 0.3 is 0 Å². The van der Waals surface area contributed by atoms with Gasteiger partial charge < -0.3 is 20.3 Å². The van der Waals surface area contributed by atoms with Crippen LogP contribution in [0.15, 0.2) is 60.7 Å². The molecule has 0 saturated carbocycles. The maximum Gasteiger partial charge on any atom is 0.105 e. The molecule has 23 heavy (non-hydrogen) atoms. The molecular formula is C19H25NO3. The third-order valence-corrected chi connectivity index (χ3v) is 3.82. The first-order valence-corrected chi connectivity index (χ1v) is 7.92. The first-order chi connectivity index (χ1) is 11.2. The Morgan fingerprint density at radius 2 is 1.52 bits per heavy atom. The third kappa shape index (κ3) is 5.77. The van der Waals surface area contributed by atoms with Crippen molar-refractivity contribution < 1.29 is 14.9 Å². The summed E-state index contributed by atoms with van der Waals surface area (Å²) in [6, 6.07) is 19.8. The minimum absolute atomic E-state index is 0.0962. The van der Waals surface area contributed by atoms with Crippen molar-refractivity contribution in [2.24, 2.45) is 0 Å². The molecule has 0 saturated heterocycles. The fourth-order valence-electron chi connectivity index (χ4n) is 2.45. The Hall–Kier alpha value is -1.72. The van der Waals surface area contributed by atoms with E-state index in [2.05, 4.69) is 5.32 Å². The number of ether oxygens (including phenoxy) is 1. The van der Waals surface area contributed by atoms with Crippen LogP contribution in [-0.2, 0) is 17.9 Å². The maximum atomic E-state index is 10.0. The quantitative estimate of drug-likeness (QED) is 0.663. The molecule has 124 valence electrons. The molecule has 0 unspecified atom stereocenters. The number of nitrogens with one attached hydrogen (secondary N) is 1. The zero-order valence-electron chi connectivity index (χ0n) is 13.4. The fourth-order valence-corrected chi connectivity index (χ4v) is 2.45. The van der Waals surface area contributed by atoms with Crippen LogP contribution in [-0.4, -0.2) is 35.1 Å². The van der Waals surface area contributed by atoms with Crippen LogP contribution in [0.25, 0.3) is 0 Å². The standard InChI is InChI=1S/C19H25NO3/c1-15(20-12-16-8-4-2-5-9-16)19(18(22)13-21)23-14-17-10-6-3-7-11-17/h2-11,15,18-22H,12-14H2,1H3/t15-,18+,19+/m1/s1. The highest BCUT2D eigenvalue weighted by atomic mass is 16.5. The molecule has 3 N–H and O–H groups in total. The van der Waals surface area contributed by atoms with Gasteiger partial charge in [0, 0.05) is 12.6 Å². The number of benzene rings is 2. The van der Waals surface area contributed by atoms with E-state index in [1.807, 2.05) is 67.6 Å². The van der Waals surface area contributed by atoms with Crippen LogP contribution in [0.5, 0.6) is 0 Å². The van der Waals surface area contributed by atoms with Crippen LogP contribution >= 0.6 is 0 Å². The van der Waals surface area contributed by atoms with Crippen LogP contribution in [0.4, 0.5) is 0 Å². The van der Waals surface area contributed by atoms with Crippen LogP contribution in [0.2, 0.25) is 0 Å². The molecule has 0 fully saturated rings. The molecule has 0 amide bonds. The van der Waals surface area contributed by atoms with E-state index in [-0.39, 0.29) is 12.6 Å². The summed E-state index contributed by atoms with van der Waals surface area (Å²) in [7, 11) is 0. The van der Waals surface area contributed by atoms with Crippen LogP contribution < -0.4 is 5.32 Å². The zero-order valence-corrected chi connectivity index (χ0v) is 13.4. The van der Waals surface area contributed by atoms with Gasteiger partial charge in [0.15, 0.2) is 0 Å². The van der Waals surface area contributed by atoms with E-state index in [1.165, 1.54) is 5.56 Å². The molecule has 0 aliphatic rings. The lowest BCUT2D eigenvalue weighted by Crippen LogP contribution is -2.47. The third-order valence-electron chi connectivity index (χ3n) is 3.82. The Morgan fingerprint density at radius 3 is 2.09 bits per heavy atom. The van der Waals surface area contributed by atoms with Crippen molar-refractivity contribution in [1.82, 2.24) is 5.32 Å². The van der Waals surface area contributed by atoms with E-state index in [4.69, 9.17) is 4.74 Å². The molecular weight excluding hydrogens is 290 g/mol. The van der Waals surface area contributed by atoms with E-state index in [1.54, 1.807) is 0 Å². The molecule has 0 spiro atoms. The van der Waals surface area contributed by atoms with Crippen molar-refractivity contribution in [3.63, 3.8) is 0 Å². The minimum atomic E-state index is -0.919. The van der Waals surface area contributed by atoms with E-state index in [0.29, 0.717) is 13.2 Å². The molecule has 2 aromatic carbocycles. The molecule has 0 aliphatic carbocycles. The number of aliphatic hydroxyl groups excluding tert-OH is 2. The second-order valence-electron chi connectivity index (χ2n) is 5.67. The lowest BCUT2D eigenvalue weighted by atomic mass is 10.1. The zero-order chi connectivity index (χ0) is 16.5. The van der Waals surface area contributed by atoms with E-state index in [0.717, 1.165) is 5.56 Å². The van der Waals surface area contributed by atoms with Crippen LogP contribution in [0.3, 0.4) is 0 Å². The monoisotopic (exact) mass is 315 g/mol. The number of aliphatic hydroxyl groups is 2. The van der Waals surface area contributed by atoms with Crippen LogP contribution in [0, 0.1) is 0 Å². The molecule has 3 atom stereocenters. The predicted octanol–water partition coefficient (Wildman–Crippen LogP) is 2.10. The van der Waals surface area contributed by atoms with E-state index >= 15 is 0 Å². The average molecular weight is 315 g/mol. The van der Waals surface area contributed by atoms with Gasteiger partial charge in [0.25, 0.3) is 0 Å². The molecule has 4 nitrogen and oxygen atoms in total. The second-order valence-corrected chi connectivity index (χ2v) is 5.67. The Morgan fingerprint density at radius 1 is 0.957 bits per heavy atom. The Balaban J connectivity index is 1.91. The van der Waals surface area contributed by atoms with Gasteiger partial charge in [0.05, 0.1) is 13.2 Å². The van der Waals surface area contributed by atoms with Gasteiger partial charge in [-0.15, -0.1) is 0 Å². The normalized spacial score (nSPS) is 15.1. The van der Waals surface area contributed by atoms with Gasteiger partial charge in [-0.3, -0.25) is 0 Å². The van der Waals surface area contributed by atoms with Crippen molar-refractivity contribution in [3.05, 3.63) is 71.8 Å². The minimum Gasteiger partial charge on any atom is -0.394 e. The summed E-state index contributed by atoms with van der Waals surface area (Å²) in [5.41, 5.74) is 2.21. The fraction of sp³-hybridized carbons (Fsp3) is 0.368. The largest absolute Gasteiger partial charge is 0.394 e. The first-order valence-electron chi connectivity index (χ1n) is 7.92. The SMILES string of the molecule is C[C@@H](NCc1ccccc1)[C@H](OCc1ccccc1)[C@@H](O)CO. The Kier molecular flexibility index (Phi) is 7.23. The lowest BCUT2D eigenvalue weighted by molar-refractivity contribution is -0.0789. The van der Waals surface area contributed by atoms with Crippen molar-refractivity contribution in [2.75, 3.05) is 6.61 Å². The van der Waals surface area contributed by atoms with Gasteiger partial charge in [-0.1, -0.05) is 60.7 Å². The molecule has 0 heterocycles. The predicted molar refractivity (Wildman–Crippen MR) is 90.9 cm³/mol. The van der Waals surface area contributed by atoms with Crippen LogP contribution in [0.1, 0.15) is 18.1 Å². The number of hydrogen-bond donors (Lipinski definition) is 3. The number of rotatable bonds is 9. The summed E-state index contributed by atoms with van der Waals surface area (Å²) in [5, 5.41) is 22.7. The summed E-state index contributed by atoms with van der Waals surface area (Å²) in [4.78, 5) is 0. The summed E-state index contributed by atoms with van der Waals surface area (Å²) in [6.45, 7) is 2.72. The topological polar surface area (TPSA) is 61.7 Å². The molecule has 0 aliphatic heterocycles. The average Bonchev–Trinajstić information content (AvgIpc) is 2.61. The molecule has 0 bridgehead atoms. The number of hydrogen-bond acceptors (Lipinski definition) is 4. The van der Waals surface area contributed by atoms with E-state index in [9.17, 15) is 10.2 Å². The van der Waals surface area contributed by atoms with E-state index < -0.39 is 12.2 Å². The highest BCUT2D eigenvalue weighted by Gasteiger charge is 2.25. The molecule has 2 aromatic rings. The molecule has 0 aromatic heterocycles. The molecule has 0 radical (unpaired) electrons. The Bertz CT molecular complexity index is 547. The van der Waals surface area contributed by atoms with Gasteiger partial charge in [0.1, 0.15) is 12.2 Å². The highest BCUT2D eigenvalue weighted by Crippen LogP contribution is 2.11. The summed E-state index contributed by atoms with van der Waals surface area (Å²) >= 11 is 0. The summed E-state index contributed by atoms with van der Waals surface area (Å²) in [6.07, 6.45) is -1.40. The van der Waals surface area contributed by atoms with Gasteiger partial charge in [-0.05, 0) is 18.1 Å². The van der Waals surface area contributed by atoms with Gasteiger partial charge in [-0.25, -0.2) is 0 Å². The lowest BCUT2D eigenvalue weighted by Gasteiger charge is -2.28. The van der Waals surface area contributed by atoms with Crippen molar-refractivity contribution in [1.29, 1.82) is 0 Å². The smallest absolute Gasteiger partial charge is 0.105 e. The first kappa shape index (κ1) is 17.6.